The number of furan rings is 1. The number of allylic oxidation sites excluding steroid dienone is 1. The Morgan fingerprint density at radius 3 is 2.52 bits per heavy atom. The van der Waals surface area contributed by atoms with Crippen LogP contribution in [0.1, 0.15) is 36.8 Å². The van der Waals surface area contributed by atoms with Crippen molar-refractivity contribution in [3.05, 3.63) is 72.2 Å². The van der Waals surface area contributed by atoms with Crippen LogP contribution in [0.2, 0.25) is 0 Å². The summed E-state index contributed by atoms with van der Waals surface area (Å²) < 4.78 is 10.4. The lowest BCUT2D eigenvalue weighted by Crippen LogP contribution is -2.37. The molecule has 29 heavy (non-hydrogen) atoms. The Kier molecular flexibility index (Phi) is 8.86. The van der Waals surface area contributed by atoms with Gasteiger partial charge < -0.3 is 24.5 Å². The molecule has 0 amide bonds. The molecule has 3 N–H and O–H groups in total. The molecular formula is C23H28O6. The molecule has 0 spiro atoms. The summed E-state index contributed by atoms with van der Waals surface area (Å²) in [4.78, 5) is 11.8. The molecule has 0 radical (unpaired) electrons. The maximum absolute atomic E-state index is 11.8. The van der Waals surface area contributed by atoms with Crippen LogP contribution in [-0.2, 0) is 16.1 Å². The van der Waals surface area contributed by atoms with Gasteiger partial charge in [-0.2, -0.15) is 0 Å². The molecule has 1 aromatic heterocycles. The minimum Gasteiger partial charge on any atom is -0.464 e. The van der Waals surface area contributed by atoms with E-state index in [1.165, 1.54) is 6.08 Å². The van der Waals surface area contributed by atoms with Gasteiger partial charge in [0.2, 0.25) is 0 Å². The number of ether oxygens (including phenoxy) is 1. The highest BCUT2D eigenvalue weighted by Gasteiger charge is 2.30. The number of aliphatic hydroxyl groups is 3. The van der Waals surface area contributed by atoms with Gasteiger partial charge in [-0.15, -0.1) is 6.58 Å². The summed E-state index contributed by atoms with van der Waals surface area (Å²) in [5.41, 5.74) is 1.87. The molecule has 156 valence electrons. The predicted octanol–water partition coefficient (Wildman–Crippen LogP) is 3.18. The summed E-state index contributed by atoms with van der Waals surface area (Å²) in [6.07, 6.45) is 1.54. The van der Waals surface area contributed by atoms with Crippen LogP contribution in [0.5, 0.6) is 0 Å². The summed E-state index contributed by atoms with van der Waals surface area (Å²) in [5.74, 6) is -0.555. The zero-order chi connectivity index (χ0) is 21.2. The molecule has 1 heterocycles. The zero-order valence-electron chi connectivity index (χ0n) is 16.5. The molecular weight excluding hydrogens is 372 g/mol. The molecule has 0 aliphatic rings. The molecule has 0 bridgehead atoms. The number of aliphatic hydroxyl groups excluding tert-OH is 3. The van der Waals surface area contributed by atoms with Crippen LogP contribution in [0, 0.1) is 5.92 Å². The third-order valence-corrected chi connectivity index (χ3v) is 4.62. The Balaban J connectivity index is 2.16. The first-order chi connectivity index (χ1) is 14.0. The Bertz CT molecular complexity index is 808. The summed E-state index contributed by atoms with van der Waals surface area (Å²) in [7, 11) is 0. The third kappa shape index (κ3) is 6.42. The van der Waals surface area contributed by atoms with Gasteiger partial charge in [-0.05, 0) is 49.1 Å². The van der Waals surface area contributed by atoms with Crippen molar-refractivity contribution in [1.82, 2.24) is 0 Å². The van der Waals surface area contributed by atoms with Gasteiger partial charge in [0.15, 0.2) is 6.10 Å². The van der Waals surface area contributed by atoms with Crippen LogP contribution in [0.15, 0.2) is 59.5 Å². The second-order valence-electron chi connectivity index (χ2n) is 6.61. The molecule has 6 heteroatoms. The summed E-state index contributed by atoms with van der Waals surface area (Å²) in [6.45, 7) is 5.25. The molecule has 2 aromatic rings. The molecule has 1 aromatic carbocycles. The fraction of sp³-hybridized carbons (Fsp3) is 0.348. The predicted molar refractivity (Wildman–Crippen MR) is 111 cm³/mol. The first kappa shape index (κ1) is 22.6. The number of esters is 1. The summed E-state index contributed by atoms with van der Waals surface area (Å²) in [6, 6.07) is 13.1. The molecule has 3 atom stereocenters. The molecule has 0 fully saturated rings. The van der Waals surface area contributed by atoms with Crippen LogP contribution in [0.25, 0.3) is 11.6 Å². The lowest BCUT2D eigenvalue weighted by molar-refractivity contribution is -0.157. The minimum absolute atomic E-state index is 0.149. The molecule has 6 nitrogen and oxygen atoms in total. The maximum Gasteiger partial charge on any atom is 0.335 e. The Morgan fingerprint density at radius 1 is 1.21 bits per heavy atom. The number of benzene rings is 1. The quantitative estimate of drug-likeness (QED) is 0.396. The van der Waals surface area contributed by atoms with Crippen molar-refractivity contribution in [3.8, 4) is 0 Å². The number of rotatable bonds is 11. The summed E-state index contributed by atoms with van der Waals surface area (Å²) >= 11 is 0. The van der Waals surface area contributed by atoms with Gasteiger partial charge in [0, 0.05) is 5.92 Å². The first-order valence-electron chi connectivity index (χ1n) is 9.61. The average Bonchev–Trinajstić information content (AvgIpc) is 3.20. The van der Waals surface area contributed by atoms with Crippen LogP contribution >= 0.6 is 0 Å². The van der Waals surface area contributed by atoms with Crippen LogP contribution in [0.4, 0.5) is 0 Å². The maximum atomic E-state index is 11.8. The van der Waals surface area contributed by atoms with E-state index in [-0.39, 0.29) is 13.2 Å². The van der Waals surface area contributed by atoms with Crippen LogP contribution in [-0.4, -0.2) is 40.1 Å². The monoisotopic (exact) mass is 400 g/mol. The van der Waals surface area contributed by atoms with Crippen molar-refractivity contribution in [1.29, 1.82) is 0 Å². The molecule has 0 unspecified atom stereocenters. The normalized spacial score (nSPS) is 14.8. The van der Waals surface area contributed by atoms with E-state index in [0.717, 1.165) is 11.1 Å². The Hall–Kier alpha value is -2.67. The number of carbonyl (C=O) groups excluding carboxylic acids is 1. The van der Waals surface area contributed by atoms with Gasteiger partial charge >= 0.3 is 5.97 Å². The van der Waals surface area contributed by atoms with Gasteiger partial charge in [0.1, 0.15) is 18.1 Å². The fourth-order valence-electron chi connectivity index (χ4n) is 3.06. The van der Waals surface area contributed by atoms with E-state index in [1.54, 1.807) is 19.1 Å². The van der Waals surface area contributed by atoms with E-state index in [2.05, 4.69) is 6.58 Å². The lowest BCUT2D eigenvalue weighted by atomic mass is 9.90. The molecule has 0 aliphatic carbocycles. The minimum atomic E-state index is -1.47. The van der Waals surface area contributed by atoms with Crippen LogP contribution in [0.3, 0.4) is 0 Å². The highest BCUT2D eigenvalue weighted by molar-refractivity contribution is 5.80. The van der Waals surface area contributed by atoms with Crippen LogP contribution < -0.4 is 0 Å². The van der Waals surface area contributed by atoms with E-state index in [4.69, 9.17) is 9.15 Å². The van der Waals surface area contributed by atoms with Crippen molar-refractivity contribution in [3.63, 3.8) is 0 Å². The Labute approximate surface area is 170 Å². The van der Waals surface area contributed by atoms with Crippen molar-refractivity contribution in [2.75, 3.05) is 6.61 Å². The van der Waals surface area contributed by atoms with Crippen molar-refractivity contribution in [2.45, 2.75) is 38.6 Å². The molecule has 0 saturated carbocycles. The van der Waals surface area contributed by atoms with Gasteiger partial charge in [-0.3, -0.25) is 0 Å². The highest BCUT2D eigenvalue weighted by atomic mass is 16.5. The van der Waals surface area contributed by atoms with Crippen molar-refractivity contribution in [2.24, 2.45) is 5.92 Å². The Morgan fingerprint density at radius 2 is 1.93 bits per heavy atom. The van der Waals surface area contributed by atoms with Crippen molar-refractivity contribution >= 4 is 17.6 Å². The second kappa shape index (κ2) is 11.4. The smallest absolute Gasteiger partial charge is 0.335 e. The number of hydrogen-bond donors (Lipinski definition) is 3. The molecule has 0 saturated heterocycles. The first-order valence-corrected chi connectivity index (χ1v) is 9.61. The van der Waals surface area contributed by atoms with Crippen molar-refractivity contribution < 1.29 is 29.3 Å². The van der Waals surface area contributed by atoms with Gasteiger partial charge in [0.05, 0.1) is 12.7 Å². The SMILES string of the molecule is C=C[C@H]([C@H](O)CC/C(=C/c1ccc(CO)o1)c1ccccc1)[C@H](O)C(=O)OCC. The molecule has 0 aliphatic heterocycles. The second-order valence-corrected chi connectivity index (χ2v) is 6.61. The van der Waals surface area contributed by atoms with E-state index in [9.17, 15) is 20.1 Å². The van der Waals surface area contributed by atoms with Gasteiger partial charge in [-0.25, -0.2) is 4.79 Å². The largest absolute Gasteiger partial charge is 0.464 e. The summed E-state index contributed by atoms with van der Waals surface area (Å²) in [5, 5.41) is 29.9. The third-order valence-electron chi connectivity index (χ3n) is 4.62. The topological polar surface area (TPSA) is 100 Å². The number of carbonyl (C=O) groups is 1. The van der Waals surface area contributed by atoms with Gasteiger partial charge in [0.25, 0.3) is 0 Å². The van der Waals surface area contributed by atoms with E-state index >= 15 is 0 Å². The highest BCUT2D eigenvalue weighted by Crippen LogP contribution is 2.27. The zero-order valence-corrected chi connectivity index (χ0v) is 16.5. The van der Waals surface area contributed by atoms with E-state index in [0.29, 0.717) is 24.4 Å². The van der Waals surface area contributed by atoms with E-state index in [1.807, 2.05) is 36.4 Å². The number of hydrogen-bond acceptors (Lipinski definition) is 6. The fourth-order valence-corrected chi connectivity index (χ4v) is 3.06. The molecule has 2 rings (SSSR count). The average molecular weight is 400 g/mol. The van der Waals surface area contributed by atoms with E-state index < -0.39 is 24.1 Å². The van der Waals surface area contributed by atoms with Gasteiger partial charge in [-0.1, -0.05) is 36.4 Å². The lowest BCUT2D eigenvalue weighted by Gasteiger charge is -2.24. The standard InChI is InChI=1S/C23H28O6/c1-3-20(22(26)23(27)28-4-2)21(25)13-10-17(16-8-6-5-7-9-16)14-18-11-12-19(15-24)29-18/h3,5-9,11-12,14,20-22,24-26H,1,4,10,13,15H2,2H3/b17-14-/t20-,21-,22+/m1/s1.